The monoisotopic (exact) mass is 441 g/mol. The average molecular weight is 442 g/mol. The maximum Gasteiger partial charge on any atom is 0.261 e. The summed E-state index contributed by atoms with van der Waals surface area (Å²) in [5.74, 6) is 0.269. The quantitative estimate of drug-likeness (QED) is 0.506. The van der Waals surface area contributed by atoms with Crippen LogP contribution in [-0.2, 0) is 10.0 Å². The van der Waals surface area contributed by atoms with E-state index in [9.17, 15) is 13.2 Å². The van der Waals surface area contributed by atoms with Crippen LogP contribution in [0.2, 0.25) is 0 Å². The van der Waals surface area contributed by atoms with E-state index in [1.165, 1.54) is 12.1 Å². The van der Waals surface area contributed by atoms with Gasteiger partial charge in [-0.15, -0.1) is 0 Å². The molecule has 0 saturated carbocycles. The highest BCUT2D eigenvalue weighted by molar-refractivity contribution is 7.92. The molecule has 0 aliphatic rings. The Morgan fingerprint density at radius 1 is 0.867 bits per heavy atom. The molecule has 0 aromatic heterocycles. The van der Waals surface area contributed by atoms with E-state index in [0.717, 1.165) is 0 Å². The zero-order chi connectivity index (χ0) is 21.6. The van der Waals surface area contributed by atoms with E-state index in [1.807, 2.05) is 0 Å². The number of thiocarbonyl (C=S) groups is 1. The molecular weight excluding hydrogens is 422 g/mol. The van der Waals surface area contributed by atoms with Gasteiger partial charge in [-0.25, -0.2) is 8.42 Å². The van der Waals surface area contributed by atoms with Gasteiger partial charge in [-0.2, -0.15) is 0 Å². The smallest absolute Gasteiger partial charge is 0.261 e. The standard InChI is InChI=1S/C21H19N3O4S2/c1-28-18-11-7-15(8-12-18)20(25)23-21(29)22-16-9-13-19(14-10-16)30(26,27)24-17-5-3-2-4-6-17/h2-14,24H,1H3,(H2,22,23,25,29). The summed E-state index contributed by atoms with van der Waals surface area (Å²) < 4.78 is 32.5. The molecular formula is C21H19N3O4S2. The Labute approximate surface area is 180 Å². The molecule has 0 bridgehead atoms. The second-order valence-electron chi connectivity index (χ2n) is 6.13. The SMILES string of the molecule is COc1ccc(C(=O)NC(=S)Nc2ccc(S(=O)(=O)Nc3ccccc3)cc2)cc1. The molecule has 0 unspecified atom stereocenters. The highest BCUT2D eigenvalue weighted by atomic mass is 32.2. The highest BCUT2D eigenvalue weighted by Crippen LogP contribution is 2.18. The third-order valence-electron chi connectivity index (χ3n) is 4.03. The number of benzene rings is 3. The van der Waals surface area contributed by atoms with Crippen LogP contribution in [0.15, 0.2) is 83.8 Å². The molecule has 0 aliphatic carbocycles. The van der Waals surface area contributed by atoms with Crippen molar-refractivity contribution < 1.29 is 17.9 Å². The van der Waals surface area contributed by atoms with Gasteiger partial charge in [0.2, 0.25) is 0 Å². The van der Waals surface area contributed by atoms with Gasteiger partial charge in [0, 0.05) is 16.9 Å². The fraction of sp³-hybridized carbons (Fsp3) is 0.0476. The maximum atomic E-state index is 12.5. The summed E-state index contributed by atoms with van der Waals surface area (Å²) in [4.78, 5) is 12.3. The van der Waals surface area contributed by atoms with Crippen LogP contribution >= 0.6 is 12.2 Å². The lowest BCUT2D eigenvalue weighted by Gasteiger charge is -2.11. The number of nitrogens with one attached hydrogen (secondary N) is 3. The van der Waals surface area contributed by atoms with Crippen molar-refractivity contribution in [1.82, 2.24) is 5.32 Å². The molecule has 3 aromatic rings. The number of ether oxygens (including phenoxy) is 1. The molecule has 9 heteroatoms. The van der Waals surface area contributed by atoms with Crippen molar-refractivity contribution in [3.63, 3.8) is 0 Å². The molecule has 0 spiro atoms. The lowest BCUT2D eigenvalue weighted by atomic mass is 10.2. The van der Waals surface area contributed by atoms with E-state index in [2.05, 4.69) is 15.4 Å². The van der Waals surface area contributed by atoms with Crippen LogP contribution in [0.3, 0.4) is 0 Å². The molecule has 30 heavy (non-hydrogen) atoms. The topological polar surface area (TPSA) is 96.5 Å². The number of carbonyl (C=O) groups excluding carboxylic acids is 1. The van der Waals surface area contributed by atoms with Crippen molar-refractivity contribution in [3.05, 3.63) is 84.4 Å². The molecule has 7 nitrogen and oxygen atoms in total. The number of amides is 1. The second-order valence-corrected chi connectivity index (χ2v) is 8.22. The summed E-state index contributed by atoms with van der Waals surface area (Å²) in [7, 11) is -2.17. The number of methoxy groups -OCH3 is 1. The average Bonchev–Trinajstić information content (AvgIpc) is 2.74. The predicted molar refractivity (Wildman–Crippen MR) is 120 cm³/mol. The second kappa shape index (κ2) is 9.38. The van der Waals surface area contributed by atoms with E-state index < -0.39 is 10.0 Å². The first-order chi connectivity index (χ1) is 14.4. The largest absolute Gasteiger partial charge is 0.497 e. The molecule has 1 amide bonds. The molecule has 0 fully saturated rings. The van der Waals surface area contributed by atoms with Crippen LogP contribution < -0.4 is 20.1 Å². The molecule has 3 aromatic carbocycles. The number of sulfonamides is 1. The number of anilines is 2. The Hall–Kier alpha value is -3.43. The Bertz CT molecular complexity index is 1130. The third kappa shape index (κ3) is 5.56. The number of carbonyl (C=O) groups is 1. The minimum absolute atomic E-state index is 0.0915. The zero-order valence-electron chi connectivity index (χ0n) is 16.0. The van der Waals surface area contributed by atoms with Gasteiger partial charge in [0.15, 0.2) is 5.11 Å². The predicted octanol–water partition coefficient (Wildman–Crippen LogP) is 3.62. The van der Waals surface area contributed by atoms with E-state index in [1.54, 1.807) is 73.8 Å². The van der Waals surface area contributed by atoms with Gasteiger partial charge >= 0.3 is 0 Å². The van der Waals surface area contributed by atoms with Gasteiger partial charge in [-0.05, 0) is 72.9 Å². The van der Waals surface area contributed by atoms with Crippen LogP contribution in [0.5, 0.6) is 5.75 Å². The van der Waals surface area contributed by atoms with Crippen LogP contribution in [0.25, 0.3) is 0 Å². The summed E-state index contributed by atoms with van der Waals surface area (Å²) in [6.45, 7) is 0. The first kappa shape index (κ1) is 21.3. The van der Waals surface area contributed by atoms with Crippen molar-refractivity contribution in [2.24, 2.45) is 0 Å². The Morgan fingerprint density at radius 3 is 2.10 bits per heavy atom. The molecule has 3 rings (SSSR count). The van der Waals surface area contributed by atoms with Gasteiger partial charge in [0.05, 0.1) is 12.0 Å². The number of hydrogen-bond acceptors (Lipinski definition) is 5. The van der Waals surface area contributed by atoms with Crippen molar-refractivity contribution in [3.8, 4) is 5.75 Å². The lowest BCUT2D eigenvalue weighted by Crippen LogP contribution is -2.34. The first-order valence-electron chi connectivity index (χ1n) is 8.82. The summed E-state index contributed by atoms with van der Waals surface area (Å²) in [5.41, 5.74) is 1.43. The fourth-order valence-corrected chi connectivity index (χ4v) is 3.79. The first-order valence-corrected chi connectivity index (χ1v) is 10.7. The van der Waals surface area contributed by atoms with Crippen molar-refractivity contribution in [1.29, 1.82) is 0 Å². The fourth-order valence-electron chi connectivity index (χ4n) is 2.52. The van der Waals surface area contributed by atoms with Gasteiger partial charge < -0.3 is 10.1 Å². The Balaban J connectivity index is 1.60. The molecule has 0 radical (unpaired) electrons. The zero-order valence-corrected chi connectivity index (χ0v) is 17.6. The summed E-state index contributed by atoms with van der Waals surface area (Å²) in [5, 5.41) is 5.51. The van der Waals surface area contributed by atoms with E-state index in [0.29, 0.717) is 22.7 Å². The minimum atomic E-state index is -3.71. The normalized spacial score (nSPS) is 10.7. The molecule has 154 valence electrons. The summed E-state index contributed by atoms with van der Waals surface area (Å²) >= 11 is 5.16. The highest BCUT2D eigenvalue weighted by Gasteiger charge is 2.14. The van der Waals surface area contributed by atoms with Gasteiger partial charge in [0.25, 0.3) is 15.9 Å². The van der Waals surface area contributed by atoms with Crippen LogP contribution in [0.4, 0.5) is 11.4 Å². The van der Waals surface area contributed by atoms with Crippen LogP contribution in [-0.4, -0.2) is 26.5 Å². The van der Waals surface area contributed by atoms with E-state index >= 15 is 0 Å². The Kier molecular flexibility index (Phi) is 6.65. The minimum Gasteiger partial charge on any atom is -0.497 e. The van der Waals surface area contributed by atoms with Crippen molar-refractivity contribution in [2.75, 3.05) is 17.1 Å². The molecule has 0 aliphatic heterocycles. The van der Waals surface area contributed by atoms with Crippen molar-refractivity contribution in [2.45, 2.75) is 4.90 Å². The lowest BCUT2D eigenvalue weighted by molar-refractivity contribution is 0.0977. The van der Waals surface area contributed by atoms with Gasteiger partial charge in [-0.1, -0.05) is 18.2 Å². The summed E-state index contributed by atoms with van der Waals surface area (Å²) in [6.07, 6.45) is 0. The van der Waals surface area contributed by atoms with E-state index in [4.69, 9.17) is 17.0 Å². The van der Waals surface area contributed by atoms with Crippen molar-refractivity contribution >= 4 is 44.6 Å². The third-order valence-corrected chi connectivity index (χ3v) is 5.63. The maximum absolute atomic E-state index is 12.5. The van der Waals surface area contributed by atoms with Crippen LogP contribution in [0.1, 0.15) is 10.4 Å². The van der Waals surface area contributed by atoms with Gasteiger partial charge in [0.1, 0.15) is 5.75 Å². The molecule has 0 atom stereocenters. The van der Waals surface area contributed by atoms with E-state index in [-0.39, 0.29) is 15.9 Å². The Morgan fingerprint density at radius 2 is 1.50 bits per heavy atom. The number of rotatable bonds is 6. The number of hydrogen-bond donors (Lipinski definition) is 3. The molecule has 3 N–H and O–H groups in total. The van der Waals surface area contributed by atoms with Crippen LogP contribution in [0, 0.1) is 0 Å². The van der Waals surface area contributed by atoms with Gasteiger partial charge in [-0.3, -0.25) is 14.8 Å². The number of para-hydroxylation sites is 1. The molecule has 0 saturated heterocycles. The summed E-state index contributed by atoms with van der Waals surface area (Å²) in [6, 6.07) is 21.2. The molecule has 0 heterocycles.